The summed E-state index contributed by atoms with van der Waals surface area (Å²) in [6, 6.07) is 7.40. The molecule has 0 unspecified atom stereocenters. The number of hydrogen-bond acceptors (Lipinski definition) is 4. The number of rotatable bonds is 6. The number of ether oxygens (including phenoxy) is 1. The third-order valence-electron chi connectivity index (χ3n) is 4.62. The first-order chi connectivity index (χ1) is 12.0. The quantitative estimate of drug-likeness (QED) is 0.728. The van der Waals surface area contributed by atoms with E-state index < -0.39 is 6.04 Å². The monoisotopic (exact) mass is 361 g/mol. The van der Waals surface area contributed by atoms with E-state index in [2.05, 4.69) is 38.3 Å². The molecule has 0 aromatic heterocycles. The first-order valence-corrected chi connectivity index (χ1v) is 9.57. The van der Waals surface area contributed by atoms with Crippen LogP contribution in [0.4, 0.5) is 0 Å². The number of nitrogens with two attached hydrogens (primary N) is 1. The molecule has 0 radical (unpaired) electrons. The maximum absolute atomic E-state index is 12.6. The van der Waals surface area contributed by atoms with E-state index in [0.29, 0.717) is 6.42 Å². The van der Waals surface area contributed by atoms with Gasteiger partial charge in [0.1, 0.15) is 5.75 Å². The van der Waals surface area contributed by atoms with Crippen molar-refractivity contribution in [1.82, 2.24) is 10.6 Å². The Hall–Kier alpha value is -1.59. The minimum absolute atomic E-state index is 0.00393. The van der Waals surface area contributed by atoms with Crippen molar-refractivity contribution < 1.29 is 9.53 Å². The van der Waals surface area contributed by atoms with Gasteiger partial charge in [-0.25, -0.2) is 0 Å². The van der Waals surface area contributed by atoms with Crippen LogP contribution in [0.15, 0.2) is 24.3 Å². The highest BCUT2D eigenvalue weighted by Gasteiger charge is 2.38. The fourth-order valence-electron chi connectivity index (χ4n) is 4.06. The van der Waals surface area contributed by atoms with Gasteiger partial charge in [-0.1, -0.05) is 12.1 Å². The smallest absolute Gasteiger partial charge is 0.237 e. The Labute approximate surface area is 158 Å². The molecule has 5 nitrogen and oxygen atoms in total. The van der Waals surface area contributed by atoms with Crippen molar-refractivity contribution in [3.8, 4) is 5.75 Å². The van der Waals surface area contributed by atoms with Crippen LogP contribution >= 0.6 is 0 Å². The van der Waals surface area contributed by atoms with Crippen LogP contribution in [-0.2, 0) is 11.2 Å². The first-order valence-electron chi connectivity index (χ1n) is 9.57. The molecule has 0 spiro atoms. The summed E-state index contributed by atoms with van der Waals surface area (Å²) in [5.41, 5.74) is 7.19. The van der Waals surface area contributed by atoms with Gasteiger partial charge >= 0.3 is 0 Å². The van der Waals surface area contributed by atoms with Gasteiger partial charge < -0.3 is 21.1 Å². The molecule has 2 rings (SSSR count). The van der Waals surface area contributed by atoms with E-state index in [1.54, 1.807) is 0 Å². The van der Waals surface area contributed by atoms with Gasteiger partial charge in [-0.15, -0.1) is 0 Å². The highest BCUT2D eigenvalue weighted by Crippen LogP contribution is 2.28. The summed E-state index contributed by atoms with van der Waals surface area (Å²) in [6.45, 7) is 12.7. The van der Waals surface area contributed by atoms with Crippen molar-refractivity contribution in [3.63, 3.8) is 0 Å². The van der Waals surface area contributed by atoms with Crippen molar-refractivity contribution in [2.24, 2.45) is 5.73 Å². The summed E-state index contributed by atoms with van der Waals surface area (Å²) < 4.78 is 5.64. The lowest BCUT2D eigenvalue weighted by atomic mass is 9.79. The zero-order chi connectivity index (χ0) is 19.5. The number of carbonyl (C=O) groups excluding carboxylic acids is 1. The van der Waals surface area contributed by atoms with E-state index in [9.17, 15) is 4.79 Å². The van der Waals surface area contributed by atoms with E-state index in [4.69, 9.17) is 10.5 Å². The molecule has 5 heteroatoms. The minimum Gasteiger partial charge on any atom is -0.491 e. The number of piperidine rings is 1. The molecular weight excluding hydrogens is 326 g/mol. The Bertz CT molecular complexity index is 592. The van der Waals surface area contributed by atoms with Crippen LogP contribution in [0.2, 0.25) is 0 Å². The molecule has 1 fully saturated rings. The minimum atomic E-state index is -0.548. The van der Waals surface area contributed by atoms with Crippen LogP contribution < -0.4 is 21.1 Å². The van der Waals surface area contributed by atoms with Crippen LogP contribution in [0.1, 0.15) is 59.9 Å². The van der Waals surface area contributed by atoms with Gasteiger partial charge in [0.25, 0.3) is 0 Å². The zero-order valence-electron chi connectivity index (χ0n) is 17.1. The Kier molecular flexibility index (Phi) is 6.35. The average Bonchev–Trinajstić information content (AvgIpc) is 2.45. The maximum Gasteiger partial charge on any atom is 0.237 e. The van der Waals surface area contributed by atoms with E-state index in [1.807, 2.05) is 38.1 Å². The normalized spacial score (nSPS) is 20.6. The van der Waals surface area contributed by atoms with Gasteiger partial charge in [0.2, 0.25) is 5.91 Å². The zero-order valence-corrected chi connectivity index (χ0v) is 17.1. The van der Waals surface area contributed by atoms with Crippen LogP contribution in [0.25, 0.3) is 0 Å². The summed E-state index contributed by atoms with van der Waals surface area (Å²) in [6.07, 6.45) is 2.46. The molecule has 1 aliphatic heterocycles. The highest BCUT2D eigenvalue weighted by atomic mass is 16.5. The standard InChI is InChI=1S/C21H35N3O2/c1-14(2)26-17-9-7-15(8-10-17)11-18(22)19(25)23-16-12-20(3,4)24-21(5,6)13-16/h7-10,14,16,18,24H,11-13,22H2,1-6H3,(H,23,25)/t18-/m0/s1. The molecule has 1 heterocycles. The van der Waals surface area contributed by atoms with Crippen LogP contribution in [0.3, 0.4) is 0 Å². The van der Waals surface area contributed by atoms with Crippen molar-refractivity contribution in [3.05, 3.63) is 29.8 Å². The van der Waals surface area contributed by atoms with E-state index in [-0.39, 0.29) is 29.1 Å². The van der Waals surface area contributed by atoms with Crippen molar-refractivity contribution in [2.45, 2.75) is 90.1 Å². The number of amides is 1. The summed E-state index contributed by atoms with van der Waals surface area (Å²) in [7, 11) is 0. The summed E-state index contributed by atoms with van der Waals surface area (Å²) >= 11 is 0. The topological polar surface area (TPSA) is 76.4 Å². The Morgan fingerprint density at radius 1 is 1.19 bits per heavy atom. The number of hydrogen-bond donors (Lipinski definition) is 3. The van der Waals surface area contributed by atoms with Gasteiger partial charge in [-0.3, -0.25) is 4.79 Å². The largest absolute Gasteiger partial charge is 0.491 e. The first kappa shape index (κ1) is 20.7. The van der Waals surface area contributed by atoms with Crippen LogP contribution in [0, 0.1) is 0 Å². The van der Waals surface area contributed by atoms with E-state index >= 15 is 0 Å². The molecule has 1 aromatic carbocycles. The van der Waals surface area contributed by atoms with Crippen molar-refractivity contribution >= 4 is 5.91 Å². The van der Waals surface area contributed by atoms with Gasteiger partial charge in [0.15, 0.2) is 0 Å². The Morgan fingerprint density at radius 2 is 1.73 bits per heavy atom. The Morgan fingerprint density at radius 3 is 2.23 bits per heavy atom. The number of nitrogens with one attached hydrogen (secondary N) is 2. The third-order valence-corrected chi connectivity index (χ3v) is 4.62. The molecule has 1 aromatic rings. The predicted molar refractivity (Wildman–Crippen MR) is 106 cm³/mol. The SMILES string of the molecule is CC(C)Oc1ccc(C[C@H](N)C(=O)NC2CC(C)(C)NC(C)(C)C2)cc1. The number of carbonyl (C=O) groups is 1. The molecule has 1 aliphatic rings. The second-order valence-electron chi connectivity index (χ2n) is 9.13. The molecule has 1 atom stereocenters. The van der Waals surface area contributed by atoms with E-state index in [1.165, 1.54) is 0 Å². The molecule has 4 N–H and O–H groups in total. The molecule has 26 heavy (non-hydrogen) atoms. The van der Waals surface area contributed by atoms with Crippen molar-refractivity contribution in [2.75, 3.05) is 0 Å². The highest BCUT2D eigenvalue weighted by molar-refractivity contribution is 5.82. The molecule has 1 saturated heterocycles. The summed E-state index contributed by atoms with van der Waals surface area (Å²) in [5.74, 6) is 0.756. The average molecular weight is 362 g/mol. The predicted octanol–water partition coefficient (Wildman–Crippen LogP) is 2.77. The summed E-state index contributed by atoms with van der Waals surface area (Å²) in [5, 5.41) is 6.79. The lowest BCUT2D eigenvalue weighted by Crippen LogP contribution is -2.63. The van der Waals surface area contributed by atoms with Gasteiger partial charge in [0, 0.05) is 17.1 Å². The molecule has 0 bridgehead atoms. The second-order valence-corrected chi connectivity index (χ2v) is 9.13. The van der Waals surface area contributed by atoms with Gasteiger partial charge in [-0.2, -0.15) is 0 Å². The fourth-order valence-corrected chi connectivity index (χ4v) is 4.06. The lowest BCUT2D eigenvalue weighted by Gasteiger charge is -2.46. The second kappa shape index (κ2) is 7.97. The Balaban J connectivity index is 1.91. The van der Waals surface area contributed by atoms with Gasteiger partial charge in [0.05, 0.1) is 12.1 Å². The van der Waals surface area contributed by atoms with Crippen LogP contribution in [0.5, 0.6) is 5.75 Å². The van der Waals surface area contributed by atoms with E-state index in [0.717, 1.165) is 24.2 Å². The third kappa shape index (κ3) is 6.29. The molecule has 0 aliphatic carbocycles. The van der Waals surface area contributed by atoms with Crippen molar-refractivity contribution in [1.29, 1.82) is 0 Å². The van der Waals surface area contributed by atoms with Crippen LogP contribution in [-0.4, -0.2) is 35.2 Å². The fraction of sp³-hybridized carbons (Fsp3) is 0.667. The maximum atomic E-state index is 12.6. The molecule has 1 amide bonds. The van der Waals surface area contributed by atoms with Gasteiger partial charge in [-0.05, 0) is 78.5 Å². The summed E-state index contributed by atoms with van der Waals surface area (Å²) in [4.78, 5) is 12.6. The molecule has 0 saturated carbocycles. The molecular formula is C21H35N3O2. The molecule has 146 valence electrons. The number of benzene rings is 1. The lowest BCUT2D eigenvalue weighted by molar-refractivity contribution is -0.123.